The number of Topliss-reactive ketones (excluding diaryl/α,β-unsaturated/α-hetero) is 1. The summed E-state index contributed by atoms with van der Waals surface area (Å²) >= 11 is 2.16. The van der Waals surface area contributed by atoms with Crippen molar-refractivity contribution in [3.05, 3.63) is 39.6 Å². The van der Waals surface area contributed by atoms with Crippen molar-refractivity contribution in [2.45, 2.75) is 39.0 Å². The van der Waals surface area contributed by atoms with Crippen molar-refractivity contribution in [1.29, 1.82) is 0 Å². The van der Waals surface area contributed by atoms with Gasteiger partial charge in [-0.3, -0.25) is 9.59 Å². The minimum Gasteiger partial charge on any atom is -0.306 e. The standard InChI is InChI=1S/C17H20INO2/c1-2-3-10-14(20)16(13-8-5-4-6-9-13)17(18)19-12-7-11-15(19)21/h4-6,8-9H,2-3,7,10-12H2,1H3/b17-16+. The van der Waals surface area contributed by atoms with Gasteiger partial charge in [0.25, 0.3) is 0 Å². The zero-order valence-corrected chi connectivity index (χ0v) is 14.4. The van der Waals surface area contributed by atoms with Crippen molar-refractivity contribution in [1.82, 2.24) is 4.90 Å². The number of benzene rings is 1. The Morgan fingerprint density at radius 2 is 2.00 bits per heavy atom. The van der Waals surface area contributed by atoms with E-state index in [1.807, 2.05) is 30.3 Å². The van der Waals surface area contributed by atoms with E-state index in [1.54, 1.807) is 4.90 Å². The summed E-state index contributed by atoms with van der Waals surface area (Å²) in [6.07, 6.45) is 3.86. The Kier molecular flexibility index (Phi) is 5.96. The molecule has 0 radical (unpaired) electrons. The summed E-state index contributed by atoms with van der Waals surface area (Å²) in [7, 11) is 0. The maximum absolute atomic E-state index is 12.6. The summed E-state index contributed by atoms with van der Waals surface area (Å²) < 4.78 is 0.780. The van der Waals surface area contributed by atoms with Crippen molar-refractivity contribution >= 4 is 39.9 Å². The third-order valence-corrected chi connectivity index (χ3v) is 4.74. The third kappa shape index (κ3) is 3.93. The van der Waals surface area contributed by atoms with Crippen molar-refractivity contribution in [3.63, 3.8) is 0 Å². The molecule has 1 aromatic carbocycles. The maximum Gasteiger partial charge on any atom is 0.227 e. The average molecular weight is 397 g/mol. The van der Waals surface area contributed by atoms with E-state index in [0.29, 0.717) is 25.0 Å². The average Bonchev–Trinajstić information content (AvgIpc) is 2.92. The van der Waals surface area contributed by atoms with Gasteiger partial charge in [-0.2, -0.15) is 0 Å². The largest absolute Gasteiger partial charge is 0.306 e. The molecular formula is C17H20INO2. The molecule has 0 unspecified atom stereocenters. The van der Waals surface area contributed by atoms with Gasteiger partial charge in [0.1, 0.15) is 0 Å². The quantitative estimate of drug-likeness (QED) is 0.411. The lowest BCUT2D eigenvalue weighted by Crippen LogP contribution is -2.23. The fourth-order valence-corrected chi connectivity index (χ4v) is 3.58. The number of hydrogen-bond acceptors (Lipinski definition) is 2. The van der Waals surface area contributed by atoms with Crippen LogP contribution in [0.5, 0.6) is 0 Å². The van der Waals surface area contributed by atoms with Crippen molar-refractivity contribution in [2.24, 2.45) is 0 Å². The number of nitrogens with zero attached hydrogens (tertiary/aromatic N) is 1. The predicted octanol–water partition coefficient (Wildman–Crippen LogP) is 4.17. The molecule has 1 aliphatic rings. The molecule has 0 bridgehead atoms. The second kappa shape index (κ2) is 7.73. The number of amides is 1. The van der Waals surface area contributed by atoms with Gasteiger partial charge in [0.05, 0.1) is 9.28 Å². The van der Waals surface area contributed by atoms with Gasteiger partial charge in [-0.15, -0.1) is 0 Å². The van der Waals surface area contributed by atoms with Crippen LogP contribution in [0, 0.1) is 0 Å². The number of halogens is 1. The van der Waals surface area contributed by atoms with Gasteiger partial charge < -0.3 is 4.90 Å². The molecule has 1 heterocycles. The summed E-state index contributed by atoms with van der Waals surface area (Å²) in [5, 5.41) is 0. The molecule has 1 fully saturated rings. The molecule has 0 spiro atoms. The molecule has 21 heavy (non-hydrogen) atoms. The lowest BCUT2D eigenvalue weighted by molar-refractivity contribution is -0.125. The number of allylic oxidation sites excluding steroid dienone is 1. The number of carbonyl (C=O) groups is 2. The highest BCUT2D eigenvalue weighted by atomic mass is 127. The Hall–Kier alpha value is -1.17. The summed E-state index contributed by atoms with van der Waals surface area (Å²) in [5.74, 6) is 0.253. The van der Waals surface area contributed by atoms with Crippen molar-refractivity contribution < 1.29 is 9.59 Å². The first kappa shape index (κ1) is 16.2. The second-order valence-electron chi connectivity index (χ2n) is 5.21. The normalized spacial score (nSPS) is 16.1. The summed E-state index contributed by atoms with van der Waals surface area (Å²) in [5.41, 5.74) is 1.60. The zero-order chi connectivity index (χ0) is 15.2. The Labute approximate surface area is 139 Å². The van der Waals surface area contributed by atoms with Crippen LogP contribution in [-0.2, 0) is 9.59 Å². The van der Waals surface area contributed by atoms with Crippen LogP contribution in [-0.4, -0.2) is 23.1 Å². The molecule has 0 aliphatic carbocycles. The number of unbranched alkanes of at least 4 members (excludes halogenated alkanes) is 1. The maximum atomic E-state index is 12.6. The highest BCUT2D eigenvalue weighted by Crippen LogP contribution is 2.31. The summed E-state index contributed by atoms with van der Waals surface area (Å²) in [4.78, 5) is 26.3. The van der Waals surface area contributed by atoms with Gasteiger partial charge in [-0.05, 0) is 41.0 Å². The third-order valence-electron chi connectivity index (χ3n) is 3.62. The van der Waals surface area contributed by atoms with E-state index < -0.39 is 0 Å². The predicted molar refractivity (Wildman–Crippen MR) is 92.9 cm³/mol. The van der Waals surface area contributed by atoms with E-state index in [2.05, 4.69) is 29.5 Å². The molecular weight excluding hydrogens is 377 g/mol. The van der Waals surface area contributed by atoms with E-state index in [1.165, 1.54) is 0 Å². The second-order valence-corrected chi connectivity index (χ2v) is 6.23. The van der Waals surface area contributed by atoms with Gasteiger partial charge >= 0.3 is 0 Å². The zero-order valence-electron chi connectivity index (χ0n) is 12.3. The molecule has 0 aromatic heterocycles. The number of carbonyl (C=O) groups excluding carboxylic acids is 2. The van der Waals surface area contributed by atoms with Crippen LogP contribution < -0.4 is 0 Å². The van der Waals surface area contributed by atoms with Gasteiger partial charge in [-0.1, -0.05) is 43.7 Å². The molecule has 112 valence electrons. The van der Waals surface area contributed by atoms with Gasteiger partial charge in [0.2, 0.25) is 5.91 Å². The van der Waals surface area contributed by atoms with Crippen LogP contribution in [0.15, 0.2) is 34.0 Å². The molecule has 0 N–H and O–H groups in total. The van der Waals surface area contributed by atoms with E-state index in [0.717, 1.165) is 28.5 Å². The molecule has 1 aliphatic heterocycles. The first-order chi connectivity index (χ1) is 10.1. The Balaban J connectivity index is 2.39. The van der Waals surface area contributed by atoms with Crippen molar-refractivity contribution in [3.8, 4) is 0 Å². The highest BCUT2D eigenvalue weighted by Gasteiger charge is 2.27. The molecule has 0 saturated carbocycles. The summed E-state index contributed by atoms with van der Waals surface area (Å²) in [6, 6.07) is 9.68. The minimum atomic E-state index is 0.121. The molecule has 1 amide bonds. The van der Waals surface area contributed by atoms with Gasteiger partial charge in [-0.25, -0.2) is 0 Å². The number of likely N-dealkylation sites (tertiary alicyclic amines) is 1. The Morgan fingerprint density at radius 3 is 2.57 bits per heavy atom. The first-order valence-corrected chi connectivity index (χ1v) is 8.51. The molecule has 0 atom stereocenters. The summed E-state index contributed by atoms with van der Waals surface area (Å²) in [6.45, 7) is 2.79. The van der Waals surface area contributed by atoms with Crippen LogP contribution in [0.3, 0.4) is 0 Å². The number of rotatable bonds is 6. The van der Waals surface area contributed by atoms with Crippen LogP contribution in [0.1, 0.15) is 44.6 Å². The lowest BCUT2D eigenvalue weighted by atomic mass is 9.99. The molecule has 2 rings (SSSR count). The monoisotopic (exact) mass is 397 g/mol. The fraction of sp³-hybridized carbons (Fsp3) is 0.412. The Bertz CT molecular complexity index is 551. The molecule has 3 nitrogen and oxygen atoms in total. The smallest absolute Gasteiger partial charge is 0.227 e. The van der Waals surface area contributed by atoms with Crippen molar-refractivity contribution in [2.75, 3.05) is 6.54 Å². The van der Waals surface area contributed by atoms with E-state index in [9.17, 15) is 9.59 Å². The first-order valence-electron chi connectivity index (χ1n) is 7.44. The Morgan fingerprint density at radius 1 is 1.29 bits per heavy atom. The van der Waals surface area contributed by atoms with Crippen LogP contribution in [0.4, 0.5) is 0 Å². The number of hydrogen-bond donors (Lipinski definition) is 0. The van der Waals surface area contributed by atoms with Crippen LogP contribution >= 0.6 is 22.6 Å². The van der Waals surface area contributed by atoms with E-state index in [-0.39, 0.29) is 11.7 Å². The topological polar surface area (TPSA) is 37.4 Å². The lowest BCUT2D eigenvalue weighted by Gasteiger charge is -2.19. The molecule has 1 aromatic rings. The highest BCUT2D eigenvalue weighted by molar-refractivity contribution is 14.1. The van der Waals surface area contributed by atoms with Crippen LogP contribution in [0.25, 0.3) is 5.57 Å². The minimum absolute atomic E-state index is 0.121. The SMILES string of the molecule is CCCCC(=O)/C(=C(\I)N1CCCC1=O)c1ccccc1. The van der Waals surface area contributed by atoms with Gasteiger partial charge in [0.15, 0.2) is 5.78 Å². The van der Waals surface area contributed by atoms with E-state index >= 15 is 0 Å². The fourth-order valence-electron chi connectivity index (χ4n) is 2.45. The van der Waals surface area contributed by atoms with Crippen LogP contribution in [0.2, 0.25) is 0 Å². The van der Waals surface area contributed by atoms with Gasteiger partial charge in [0, 0.05) is 19.4 Å². The van der Waals surface area contributed by atoms with E-state index in [4.69, 9.17) is 0 Å². The molecule has 1 saturated heterocycles. The number of ketones is 1. The molecule has 4 heteroatoms.